The molecule has 1 spiro atoms. The molecule has 2 fully saturated rings. The molecule has 2 heterocycles. The van der Waals surface area contributed by atoms with Crippen LogP contribution in [0.1, 0.15) is 24.8 Å². The lowest BCUT2D eigenvalue weighted by Gasteiger charge is -2.42. The lowest BCUT2D eigenvalue weighted by molar-refractivity contribution is -0.169. The molecule has 24 heavy (non-hydrogen) atoms. The van der Waals surface area contributed by atoms with E-state index in [9.17, 15) is 18.0 Å². The highest BCUT2D eigenvalue weighted by atomic mass is 19.2. The smallest absolute Gasteiger partial charge is 0.255 e. The lowest BCUT2D eigenvalue weighted by Crippen LogP contribution is -2.59. The number of rotatable bonds is 2. The number of likely N-dealkylation sites (N-methyl/N-ethyl adjacent to an activating group) is 1. The molecule has 0 N–H and O–H groups in total. The van der Waals surface area contributed by atoms with E-state index in [2.05, 4.69) is 0 Å². The summed E-state index contributed by atoms with van der Waals surface area (Å²) in [6.45, 7) is 2.00. The Morgan fingerprint density at radius 2 is 1.88 bits per heavy atom. The Balaban J connectivity index is 1.78. The SMILES string of the molecule is CN1CCCCC2(CN(Cc3cc(F)c(F)cc3F)CCO2)C1=O. The molecule has 7 heteroatoms. The molecule has 2 aliphatic heterocycles. The van der Waals surface area contributed by atoms with Gasteiger partial charge in [-0.15, -0.1) is 0 Å². The topological polar surface area (TPSA) is 32.8 Å². The number of amides is 1. The van der Waals surface area contributed by atoms with Crippen LogP contribution in [0.5, 0.6) is 0 Å². The normalized spacial score (nSPS) is 26.0. The zero-order valence-electron chi connectivity index (χ0n) is 13.7. The summed E-state index contributed by atoms with van der Waals surface area (Å²) >= 11 is 0. The average molecular weight is 342 g/mol. The number of benzene rings is 1. The maximum absolute atomic E-state index is 13.9. The number of halogens is 3. The summed E-state index contributed by atoms with van der Waals surface area (Å²) in [4.78, 5) is 16.2. The van der Waals surface area contributed by atoms with E-state index in [1.807, 2.05) is 4.90 Å². The first-order valence-electron chi connectivity index (χ1n) is 8.16. The molecular formula is C17H21F3N2O2. The average Bonchev–Trinajstić information content (AvgIpc) is 2.67. The Labute approximate surface area is 139 Å². The molecule has 2 saturated heterocycles. The summed E-state index contributed by atoms with van der Waals surface area (Å²) in [5.41, 5.74) is -0.834. The van der Waals surface area contributed by atoms with Crippen LogP contribution in [0.15, 0.2) is 12.1 Å². The number of carbonyl (C=O) groups excluding carboxylic acids is 1. The van der Waals surface area contributed by atoms with Gasteiger partial charge in [0.15, 0.2) is 17.2 Å². The van der Waals surface area contributed by atoms with E-state index in [-0.39, 0.29) is 18.0 Å². The maximum Gasteiger partial charge on any atom is 0.255 e. The van der Waals surface area contributed by atoms with Crippen LogP contribution in [0.2, 0.25) is 0 Å². The Morgan fingerprint density at radius 3 is 2.67 bits per heavy atom. The molecule has 1 aromatic carbocycles. The van der Waals surface area contributed by atoms with E-state index < -0.39 is 23.1 Å². The summed E-state index contributed by atoms with van der Waals surface area (Å²) in [5.74, 6) is -3.11. The molecule has 3 rings (SSSR count). The van der Waals surface area contributed by atoms with E-state index in [4.69, 9.17) is 4.74 Å². The van der Waals surface area contributed by atoms with Crippen molar-refractivity contribution < 1.29 is 22.7 Å². The third-order valence-corrected chi connectivity index (χ3v) is 4.81. The van der Waals surface area contributed by atoms with Crippen molar-refractivity contribution in [2.75, 3.05) is 33.3 Å². The summed E-state index contributed by atoms with van der Waals surface area (Å²) < 4.78 is 46.2. The van der Waals surface area contributed by atoms with Gasteiger partial charge in [-0.05, 0) is 25.3 Å². The predicted molar refractivity (Wildman–Crippen MR) is 81.8 cm³/mol. The fourth-order valence-electron chi connectivity index (χ4n) is 3.51. The molecule has 2 aliphatic rings. The van der Waals surface area contributed by atoms with E-state index in [1.165, 1.54) is 0 Å². The van der Waals surface area contributed by atoms with Gasteiger partial charge in [0, 0.05) is 44.9 Å². The minimum absolute atomic E-state index is 0.0598. The summed E-state index contributed by atoms with van der Waals surface area (Å²) in [6.07, 6.45) is 2.42. The van der Waals surface area contributed by atoms with Gasteiger partial charge in [-0.25, -0.2) is 13.2 Å². The molecule has 4 nitrogen and oxygen atoms in total. The van der Waals surface area contributed by atoms with Crippen LogP contribution in [0.4, 0.5) is 13.2 Å². The predicted octanol–water partition coefficient (Wildman–Crippen LogP) is 2.32. The molecule has 0 bridgehead atoms. The molecule has 0 radical (unpaired) electrons. The van der Waals surface area contributed by atoms with Gasteiger partial charge in [0.1, 0.15) is 5.82 Å². The largest absolute Gasteiger partial charge is 0.362 e. The molecule has 1 aromatic rings. The van der Waals surface area contributed by atoms with Gasteiger partial charge in [-0.3, -0.25) is 9.69 Å². The van der Waals surface area contributed by atoms with Gasteiger partial charge in [-0.1, -0.05) is 0 Å². The molecule has 0 aliphatic carbocycles. The number of likely N-dealkylation sites (tertiary alicyclic amines) is 1. The lowest BCUT2D eigenvalue weighted by atomic mass is 9.94. The van der Waals surface area contributed by atoms with Crippen LogP contribution in [-0.4, -0.2) is 54.6 Å². The molecule has 0 aromatic heterocycles. The van der Waals surface area contributed by atoms with Crippen molar-refractivity contribution in [1.29, 1.82) is 0 Å². The molecule has 132 valence electrons. The minimum Gasteiger partial charge on any atom is -0.362 e. The highest BCUT2D eigenvalue weighted by molar-refractivity contribution is 5.85. The van der Waals surface area contributed by atoms with Crippen molar-refractivity contribution in [3.05, 3.63) is 35.1 Å². The number of nitrogens with zero attached hydrogens (tertiary/aromatic N) is 2. The van der Waals surface area contributed by atoms with Crippen LogP contribution >= 0.6 is 0 Å². The van der Waals surface area contributed by atoms with E-state index in [0.29, 0.717) is 38.7 Å². The standard InChI is InChI=1S/C17H21F3N2O2/c1-21-5-3-2-4-17(16(21)23)11-22(6-7-24-17)10-12-8-14(19)15(20)9-13(12)18/h8-9H,2-7,10-11H2,1H3. The van der Waals surface area contributed by atoms with Crippen LogP contribution in [-0.2, 0) is 16.1 Å². The van der Waals surface area contributed by atoms with Crippen LogP contribution in [0.3, 0.4) is 0 Å². The Kier molecular flexibility index (Phi) is 4.83. The molecule has 1 atom stereocenters. The first-order valence-corrected chi connectivity index (χ1v) is 8.16. The van der Waals surface area contributed by atoms with Gasteiger partial charge in [0.25, 0.3) is 5.91 Å². The number of morpholine rings is 1. The highest BCUT2D eigenvalue weighted by Gasteiger charge is 2.45. The zero-order chi connectivity index (χ0) is 17.3. The number of ether oxygens (including phenoxy) is 1. The Bertz CT molecular complexity index is 641. The third-order valence-electron chi connectivity index (χ3n) is 4.81. The second kappa shape index (κ2) is 6.72. The van der Waals surface area contributed by atoms with E-state index in [0.717, 1.165) is 18.9 Å². The van der Waals surface area contributed by atoms with E-state index >= 15 is 0 Å². The highest BCUT2D eigenvalue weighted by Crippen LogP contribution is 2.30. The first-order chi connectivity index (χ1) is 11.4. The van der Waals surface area contributed by atoms with Crippen molar-refractivity contribution in [2.45, 2.75) is 31.4 Å². The summed E-state index contributed by atoms with van der Waals surface area (Å²) in [5, 5.41) is 0. The van der Waals surface area contributed by atoms with Gasteiger partial charge in [0.05, 0.1) is 6.61 Å². The van der Waals surface area contributed by atoms with Crippen molar-refractivity contribution >= 4 is 5.91 Å². The van der Waals surface area contributed by atoms with Crippen LogP contribution in [0, 0.1) is 17.5 Å². The number of hydrogen-bond acceptors (Lipinski definition) is 3. The Hall–Kier alpha value is -1.60. The summed E-state index contributed by atoms with van der Waals surface area (Å²) in [6, 6.07) is 1.44. The monoisotopic (exact) mass is 342 g/mol. The van der Waals surface area contributed by atoms with Crippen molar-refractivity contribution in [3.63, 3.8) is 0 Å². The second-order valence-corrected chi connectivity index (χ2v) is 6.59. The minimum atomic E-state index is -1.20. The van der Waals surface area contributed by atoms with Gasteiger partial charge >= 0.3 is 0 Å². The van der Waals surface area contributed by atoms with E-state index in [1.54, 1.807) is 11.9 Å². The molecule has 0 saturated carbocycles. The number of hydrogen-bond donors (Lipinski definition) is 0. The molecule has 1 amide bonds. The van der Waals surface area contributed by atoms with Crippen molar-refractivity contribution in [3.8, 4) is 0 Å². The molecular weight excluding hydrogens is 321 g/mol. The quantitative estimate of drug-likeness (QED) is 0.774. The fraction of sp³-hybridized carbons (Fsp3) is 0.588. The third kappa shape index (κ3) is 3.28. The Morgan fingerprint density at radius 1 is 1.12 bits per heavy atom. The van der Waals surface area contributed by atoms with Crippen LogP contribution in [0.25, 0.3) is 0 Å². The molecule has 1 unspecified atom stereocenters. The second-order valence-electron chi connectivity index (χ2n) is 6.59. The van der Waals surface area contributed by atoms with Gasteiger partial charge in [-0.2, -0.15) is 0 Å². The van der Waals surface area contributed by atoms with Gasteiger partial charge < -0.3 is 9.64 Å². The summed E-state index contributed by atoms with van der Waals surface area (Å²) in [7, 11) is 1.76. The number of carbonyl (C=O) groups is 1. The zero-order valence-corrected chi connectivity index (χ0v) is 13.7. The van der Waals surface area contributed by atoms with Crippen LogP contribution < -0.4 is 0 Å². The van der Waals surface area contributed by atoms with Crippen molar-refractivity contribution in [2.24, 2.45) is 0 Å². The fourth-order valence-corrected chi connectivity index (χ4v) is 3.51. The first kappa shape index (κ1) is 17.2. The van der Waals surface area contributed by atoms with Gasteiger partial charge in [0.2, 0.25) is 0 Å². The van der Waals surface area contributed by atoms with Crippen molar-refractivity contribution in [1.82, 2.24) is 9.80 Å². The maximum atomic E-state index is 13.9.